The number of thiocarbonyl (C=S) groups is 1. The summed E-state index contributed by atoms with van der Waals surface area (Å²) < 4.78 is 13.1. The Bertz CT molecular complexity index is 926. The first-order chi connectivity index (χ1) is 12.8. The van der Waals surface area contributed by atoms with E-state index in [1.807, 2.05) is 54.6 Å². The predicted octanol–water partition coefficient (Wildman–Crippen LogP) is 2.69. The summed E-state index contributed by atoms with van der Waals surface area (Å²) in [7, 11) is 1.63. The molecule has 0 bridgehead atoms. The van der Waals surface area contributed by atoms with Gasteiger partial charge >= 0.3 is 0 Å². The van der Waals surface area contributed by atoms with Crippen LogP contribution in [0.5, 0.6) is 5.75 Å². The van der Waals surface area contributed by atoms with Crippen LogP contribution >= 0.6 is 12.2 Å². The fourth-order valence-corrected chi connectivity index (χ4v) is 2.91. The second-order valence-electron chi connectivity index (χ2n) is 5.50. The molecular formula is C18H15N5O2S. The molecule has 1 unspecified atom stereocenters. The lowest BCUT2D eigenvalue weighted by atomic mass is 10.1. The predicted molar refractivity (Wildman–Crippen MR) is 101 cm³/mol. The monoisotopic (exact) mass is 365 g/mol. The van der Waals surface area contributed by atoms with Crippen molar-refractivity contribution in [2.24, 2.45) is 4.99 Å². The minimum atomic E-state index is -0.517. The first-order valence-electron chi connectivity index (χ1n) is 7.89. The molecule has 26 heavy (non-hydrogen) atoms. The molecular weight excluding hydrogens is 350 g/mol. The summed E-state index contributed by atoms with van der Waals surface area (Å²) in [6, 6.07) is 17.3. The van der Waals surface area contributed by atoms with Crippen molar-refractivity contribution in [1.82, 2.24) is 14.9 Å². The molecule has 0 aliphatic carbocycles. The van der Waals surface area contributed by atoms with Crippen molar-refractivity contribution in [2.45, 2.75) is 6.23 Å². The summed E-state index contributed by atoms with van der Waals surface area (Å²) in [6.07, 6.45) is 2.59. The molecule has 3 aromatic rings. The Hall–Kier alpha value is -3.26. The molecule has 8 heteroatoms. The van der Waals surface area contributed by atoms with Crippen molar-refractivity contribution < 1.29 is 9.47 Å². The maximum absolute atomic E-state index is 6.21. The van der Waals surface area contributed by atoms with E-state index < -0.39 is 6.23 Å². The number of benzene rings is 2. The van der Waals surface area contributed by atoms with E-state index in [-0.39, 0.29) is 0 Å². The number of hydrogen-bond acceptors (Lipinski definition) is 5. The van der Waals surface area contributed by atoms with Gasteiger partial charge in [-0.25, -0.2) is 9.69 Å². The van der Waals surface area contributed by atoms with Gasteiger partial charge in [-0.05, 0) is 48.6 Å². The molecule has 1 aliphatic heterocycles. The minimum absolute atomic E-state index is 0.357. The van der Waals surface area contributed by atoms with E-state index in [0.717, 1.165) is 16.9 Å². The van der Waals surface area contributed by atoms with E-state index in [9.17, 15) is 0 Å². The number of methoxy groups -OCH3 is 1. The minimum Gasteiger partial charge on any atom is -0.497 e. The van der Waals surface area contributed by atoms with Crippen LogP contribution in [-0.2, 0) is 4.74 Å². The number of aliphatic imine (C=N–C) groups is 1. The van der Waals surface area contributed by atoms with Gasteiger partial charge in [0.2, 0.25) is 17.2 Å². The average molecular weight is 365 g/mol. The van der Waals surface area contributed by atoms with Crippen molar-refractivity contribution in [3.63, 3.8) is 0 Å². The highest BCUT2D eigenvalue weighted by Crippen LogP contribution is 2.28. The molecule has 0 spiro atoms. The molecule has 0 amide bonds. The van der Waals surface area contributed by atoms with E-state index in [1.165, 1.54) is 0 Å². The van der Waals surface area contributed by atoms with Crippen LogP contribution in [0.3, 0.4) is 0 Å². The van der Waals surface area contributed by atoms with Crippen molar-refractivity contribution in [1.29, 1.82) is 0 Å². The Morgan fingerprint density at radius 2 is 1.69 bits per heavy atom. The summed E-state index contributed by atoms with van der Waals surface area (Å²) in [5.41, 5.74) is 1.75. The Balaban J connectivity index is 1.76. The molecule has 130 valence electrons. The molecule has 0 radical (unpaired) electrons. The van der Waals surface area contributed by atoms with E-state index in [4.69, 9.17) is 21.7 Å². The zero-order valence-electron chi connectivity index (χ0n) is 13.9. The van der Waals surface area contributed by atoms with Gasteiger partial charge in [0.15, 0.2) is 0 Å². The molecule has 0 saturated heterocycles. The van der Waals surface area contributed by atoms with Crippen LogP contribution in [-0.4, -0.2) is 33.0 Å². The van der Waals surface area contributed by atoms with Gasteiger partial charge in [0.25, 0.3) is 0 Å². The highest BCUT2D eigenvalue weighted by atomic mass is 32.1. The zero-order chi connectivity index (χ0) is 17.9. The molecule has 7 nitrogen and oxygen atoms in total. The molecule has 0 saturated carbocycles. The lowest BCUT2D eigenvalue weighted by molar-refractivity contribution is 0.172. The van der Waals surface area contributed by atoms with Crippen LogP contribution < -0.4 is 9.75 Å². The topological polar surface area (TPSA) is 64.8 Å². The maximum Gasteiger partial charge on any atom is 0.225 e. The third-order valence-electron chi connectivity index (χ3n) is 3.92. The van der Waals surface area contributed by atoms with Gasteiger partial charge in [-0.1, -0.05) is 18.2 Å². The number of rotatable bonds is 4. The molecule has 1 aliphatic rings. The third-order valence-corrected chi connectivity index (χ3v) is 4.19. The van der Waals surface area contributed by atoms with E-state index in [1.54, 1.807) is 29.4 Å². The summed E-state index contributed by atoms with van der Waals surface area (Å²) in [5, 5.41) is 9.77. The standard InChI is InChI=1S/C18H15N5O2S/c1-24-15-9-7-14(8-10-15)17-23(22-11-19-20-12-22)18(26)21-16(25-17)13-5-3-2-4-6-13/h2-12,17H,1H3. The average Bonchev–Trinajstić information content (AvgIpc) is 3.22. The van der Waals surface area contributed by atoms with Crippen LogP contribution in [0.4, 0.5) is 0 Å². The van der Waals surface area contributed by atoms with Gasteiger partial charge in [0.1, 0.15) is 18.4 Å². The first kappa shape index (κ1) is 16.2. The Kier molecular flexibility index (Phi) is 4.32. The maximum atomic E-state index is 6.21. The molecule has 2 aromatic carbocycles. The SMILES string of the molecule is COc1ccc(C2OC(c3ccccc3)=NC(=S)N2n2cnnc2)cc1. The summed E-state index contributed by atoms with van der Waals surface area (Å²) in [4.78, 5) is 4.45. The summed E-state index contributed by atoms with van der Waals surface area (Å²) >= 11 is 5.54. The summed E-state index contributed by atoms with van der Waals surface area (Å²) in [5.74, 6) is 1.24. The van der Waals surface area contributed by atoms with E-state index in [0.29, 0.717) is 11.0 Å². The second-order valence-corrected chi connectivity index (χ2v) is 5.86. The van der Waals surface area contributed by atoms with Crippen LogP contribution in [0.2, 0.25) is 0 Å². The first-order valence-corrected chi connectivity index (χ1v) is 8.30. The lowest BCUT2D eigenvalue weighted by Gasteiger charge is -2.35. The Labute approximate surface area is 155 Å². The lowest BCUT2D eigenvalue weighted by Crippen LogP contribution is -2.46. The van der Waals surface area contributed by atoms with E-state index in [2.05, 4.69) is 15.2 Å². The second kappa shape index (κ2) is 6.93. The Morgan fingerprint density at radius 1 is 1.00 bits per heavy atom. The quantitative estimate of drug-likeness (QED) is 0.663. The van der Waals surface area contributed by atoms with Gasteiger partial charge in [0, 0.05) is 11.1 Å². The number of hydrogen-bond donors (Lipinski definition) is 0. The molecule has 1 atom stereocenters. The Morgan fingerprint density at radius 3 is 2.35 bits per heavy atom. The van der Waals surface area contributed by atoms with Crippen molar-refractivity contribution in [3.8, 4) is 5.75 Å². The molecule has 1 aromatic heterocycles. The van der Waals surface area contributed by atoms with Crippen LogP contribution in [0.15, 0.2) is 72.2 Å². The molecule has 0 N–H and O–H groups in total. The van der Waals surface area contributed by atoms with Crippen molar-refractivity contribution in [2.75, 3.05) is 12.1 Å². The summed E-state index contributed by atoms with van der Waals surface area (Å²) in [6.45, 7) is 0. The fraction of sp³-hybridized carbons (Fsp3) is 0.111. The highest BCUT2D eigenvalue weighted by molar-refractivity contribution is 7.80. The zero-order valence-corrected chi connectivity index (χ0v) is 14.7. The van der Waals surface area contributed by atoms with Crippen LogP contribution in [0, 0.1) is 0 Å². The van der Waals surface area contributed by atoms with Crippen molar-refractivity contribution >= 4 is 23.2 Å². The number of nitrogens with zero attached hydrogens (tertiary/aromatic N) is 5. The normalized spacial score (nSPS) is 16.8. The van der Waals surface area contributed by atoms with E-state index >= 15 is 0 Å². The smallest absolute Gasteiger partial charge is 0.225 e. The van der Waals surface area contributed by atoms with Gasteiger partial charge in [-0.15, -0.1) is 10.2 Å². The molecule has 2 heterocycles. The highest BCUT2D eigenvalue weighted by Gasteiger charge is 2.32. The van der Waals surface area contributed by atoms with Gasteiger partial charge in [-0.2, -0.15) is 4.99 Å². The number of ether oxygens (including phenoxy) is 2. The van der Waals surface area contributed by atoms with Crippen molar-refractivity contribution in [3.05, 3.63) is 78.4 Å². The largest absolute Gasteiger partial charge is 0.497 e. The molecule has 4 rings (SSSR count). The van der Waals surface area contributed by atoms with Crippen LogP contribution in [0.1, 0.15) is 17.4 Å². The third kappa shape index (κ3) is 3.02. The van der Waals surface area contributed by atoms with Gasteiger partial charge in [-0.3, -0.25) is 0 Å². The van der Waals surface area contributed by atoms with Gasteiger partial charge < -0.3 is 9.47 Å². The molecule has 0 fully saturated rings. The van der Waals surface area contributed by atoms with Crippen LogP contribution in [0.25, 0.3) is 0 Å². The van der Waals surface area contributed by atoms with Gasteiger partial charge in [0.05, 0.1) is 7.11 Å². The number of aromatic nitrogens is 3. The fourth-order valence-electron chi connectivity index (χ4n) is 2.64.